The van der Waals surface area contributed by atoms with E-state index in [4.69, 9.17) is 8.83 Å². The molecule has 2 N–H and O–H groups in total. The van der Waals surface area contributed by atoms with Gasteiger partial charge in [0, 0.05) is 6.54 Å². The van der Waals surface area contributed by atoms with Crippen molar-refractivity contribution in [2.24, 2.45) is 5.92 Å². The Morgan fingerprint density at radius 1 is 1.07 bits per heavy atom. The summed E-state index contributed by atoms with van der Waals surface area (Å²) >= 11 is 0. The summed E-state index contributed by atoms with van der Waals surface area (Å²) < 4.78 is 10.7. The summed E-state index contributed by atoms with van der Waals surface area (Å²) in [6, 6.07) is 6.24. The van der Waals surface area contributed by atoms with Crippen molar-refractivity contribution in [2.75, 3.05) is 19.6 Å². The molecule has 0 aliphatic heterocycles. The largest absolute Gasteiger partial charge is 0.468 e. The topological polar surface area (TPSA) is 87.7 Å². The maximum Gasteiger partial charge on any atom is 0.287 e. The van der Waals surface area contributed by atoms with Crippen molar-refractivity contribution in [3.05, 3.63) is 48.3 Å². The molecule has 7 heteroatoms. The molecule has 0 saturated heterocycles. The number of rotatable bonds is 10. The maximum absolute atomic E-state index is 12.8. The summed E-state index contributed by atoms with van der Waals surface area (Å²) in [5, 5.41) is 5.72. The molecule has 2 aromatic rings. The highest BCUT2D eigenvalue weighted by molar-refractivity contribution is 5.95. The monoisotopic (exact) mass is 375 g/mol. The number of hydrogen-bond donors (Lipinski definition) is 2. The first-order valence-electron chi connectivity index (χ1n) is 9.37. The molecule has 0 spiro atoms. The van der Waals surface area contributed by atoms with Crippen LogP contribution in [0.15, 0.2) is 45.6 Å². The third kappa shape index (κ3) is 5.47. The summed E-state index contributed by atoms with van der Waals surface area (Å²) in [5.41, 5.74) is 0. The molecular formula is C20H29N3O4. The molecule has 27 heavy (non-hydrogen) atoms. The molecule has 0 saturated carbocycles. The van der Waals surface area contributed by atoms with Crippen LogP contribution < -0.4 is 10.6 Å². The van der Waals surface area contributed by atoms with Gasteiger partial charge in [0.25, 0.3) is 5.91 Å². The van der Waals surface area contributed by atoms with E-state index in [0.29, 0.717) is 6.54 Å². The standard InChI is InChI=1S/C20H29N3O4/c1-5-23(6-2)15(16-9-7-11-26-16)13-21-20(25)18(14(3)4)22-19(24)17-10-8-12-27-17/h7-12,14-15,18H,5-6,13H2,1-4H3,(H,21,25)(H,22,24)/t15-,18-/m1/s1. The zero-order chi connectivity index (χ0) is 19.8. The lowest BCUT2D eigenvalue weighted by Gasteiger charge is -2.29. The van der Waals surface area contributed by atoms with Gasteiger partial charge in [0.2, 0.25) is 5.91 Å². The third-order valence-electron chi connectivity index (χ3n) is 4.58. The highest BCUT2D eigenvalue weighted by Crippen LogP contribution is 2.20. The summed E-state index contributed by atoms with van der Waals surface area (Å²) in [7, 11) is 0. The van der Waals surface area contributed by atoms with Crippen LogP contribution in [0.5, 0.6) is 0 Å². The Hall–Kier alpha value is -2.54. The van der Waals surface area contributed by atoms with Gasteiger partial charge in [0.05, 0.1) is 18.6 Å². The van der Waals surface area contributed by atoms with Crippen molar-refractivity contribution >= 4 is 11.8 Å². The van der Waals surface area contributed by atoms with Crippen LogP contribution in [-0.2, 0) is 4.79 Å². The molecule has 0 unspecified atom stereocenters. The summed E-state index contributed by atoms with van der Waals surface area (Å²) in [5.74, 6) is 0.290. The molecule has 2 rings (SSSR count). The van der Waals surface area contributed by atoms with Gasteiger partial charge >= 0.3 is 0 Å². The van der Waals surface area contributed by atoms with Crippen molar-refractivity contribution in [3.8, 4) is 0 Å². The summed E-state index contributed by atoms with van der Waals surface area (Å²) in [6.07, 6.45) is 3.06. The van der Waals surface area contributed by atoms with Gasteiger partial charge in [-0.3, -0.25) is 14.5 Å². The highest BCUT2D eigenvalue weighted by atomic mass is 16.3. The fourth-order valence-corrected chi connectivity index (χ4v) is 3.02. The zero-order valence-corrected chi connectivity index (χ0v) is 16.4. The molecule has 2 aromatic heterocycles. The Labute approximate surface area is 160 Å². The van der Waals surface area contributed by atoms with Crippen LogP contribution in [0, 0.1) is 5.92 Å². The number of hydrogen-bond acceptors (Lipinski definition) is 5. The van der Waals surface area contributed by atoms with E-state index in [-0.39, 0.29) is 23.6 Å². The first-order chi connectivity index (χ1) is 13.0. The minimum atomic E-state index is -0.656. The smallest absolute Gasteiger partial charge is 0.287 e. The summed E-state index contributed by atoms with van der Waals surface area (Å²) in [4.78, 5) is 27.2. The second kappa shape index (κ2) is 9.97. The second-order valence-electron chi connectivity index (χ2n) is 6.67. The van der Waals surface area contributed by atoms with Gasteiger partial charge in [-0.25, -0.2) is 0 Å². The van der Waals surface area contributed by atoms with E-state index in [1.54, 1.807) is 18.4 Å². The van der Waals surface area contributed by atoms with E-state index in [1.807, 2.05) is 26.0 Å². The van der Waals surface area contributed by atoms with Crippen LogP contribution >= 0.6 is 0 Å². The fraction of sp³-hybridized carbons (Fsp3) is 0.500. The van der Waals surface area contributed by atoms with Crippen LogP contribution in [0.3, 0.4) is 0 Å². The molecule has 148 valence electrons. The normalized spacial score (nSPS) is 13.6. The first-order valence-corrected chi connectivity index (χ1v) is 9.37. The quantitative estimate of drug-likeness (QED) is 0.667. The predicted molar refractivity (Wildman–Crippen MR) is 102 cm³/mol. The number of likely N-dealkylation sites (N-methyl/N-ethyl adjacent to an activating group) is 1. The number of nitrogens with one attached hydrogen (secondary N) is 2. The number of carbonyl (C=O) groups is 2. The number of nitrogens with zero attached hydrogens (tertiary/aromatic N) is 1. The Morgan fingerprint density at radius 2 is 1.74 bits per heavy atom. The van der Waals surface area contributed by atoms with Crippen molar-refractivity contribution in [1.82, 2.24) is 15.5 Å². The molecular weight excluding hydrogens is 346 g/mol. The third-order valence-corrected chi connectivity index (χ3v) is 4.58. The molecule has 2 atom stereocenters. The van der Waals surface area contributed by atoms with Crippen LogP contribution in [0.1, 0.15) is 50.1 Å². The van der Waals surface area contributed by atoms with E-state index in [1.165, 1.54) is 6.26 Å². The Balaban J connectivity index is 2.03. The maximum atomic E-state index is 12.8. The van der Waals surface area contributed by atoms with Crippen LogP contribution in [0.4, 0.5) is 0 Å². The molecule has 0 bridgehead atoms. The highest BCUT2D eigenvalue weighted by Gasteiger charge is 2.27. The predicted octanol–water partition coefficient (Wildman–Crippen LogP) is 2.83. The van der Waals surface area contributed by atoms with E-state index in [2.05, 4.69) is 29.4 Å². The molecule has 2 heterocycles. The molecule has 0 aromatic carbocycles. The zero-order valence-electron chi connectivity index (χ0n) is 16.4. The molecule has 0 radical (unpaired) electrons. The van der Waals surface area contributed by atoms with E-state index >= 15 is 0 Å². The van der Waals surface area contributed by atoms with Gasteiger partial charge in [0.15, 0.2) is 5.76 Å². The van der Waals surface area contributed by atoms with Crippen LogP contribution in [0.25, 0.3) is 0 Å². The minimum Gasteiger partial charge on any atom is -0.468 e. The van der Waals surface area contributed by atoms with Crippen LogP contribution in [0.2, 0.25) is 0 Å². The summed E-state index contributed by atoms with van der Waals surface area (Å²) in [6.45, 7) is 9.99. The lowest BCUT2D eigenvalue weighted by molar-refractivity contribution is -0.124. The van der Waals surface area contributed by atoms with Gasteiger partial charge in [-0.05, 0) is 43.3 Å². The Kier molecular flexibility index (Phi) is 7.67. The van der Waals surface area contributed by atoms with Crippen molar-refractivity contribution in [2.45, 2.75) is 39.8 Å². The number of carbonyl (C=O) groups excluding carboxylic acids is 2. The lowest BCUT2D eigenvalue weighted by atomic mass is 10.0. The van der Waals surface area contributed by atoms with Gasteiger partial charge in [-0.1, -0.05) is 27.7 Å². The molecule has 0 aliphatic rings. The van der Waals surface area contributed by atoms with E-state index in [9.17, 15) is 9.59 Å². The minimum absolute atomic E-state index is 0.0625. The van der Waals surface area contributed by atoms with Crippen molar-refractivity contribution in [1.29, 1.82) is 0 Å². The van der Waals surface area contributed by atoms with E-state index in [0.717, 1.165) is 18.8 Å². The lowest BCUT2D eigenvalue weighted by Crippen LogP contribution is -2.51. The van der Waals surface area contributed by atoms with Gasteiger partial charge < -0.3 is 19.5 Å². The molecule has 7 nitrogen and oxygen atoms in total. The molecule has 0 aliphatic carbocycles. The SMILES string of the molecule is CCN(CC)[C@H](CNC(=O)[C@H](NC(=O)c1ccco1)C(C)C)c1ccco1. The van der Waals surface area contributed by atoms with Crippen LogP contribution in [-0.4, -0.2) is 42.4 Å². The average Bonchev–Trinajstić information content (AvgIpc) is 3.36. The average molecular weight is 375 g/mol. The number of furan rings is 2. The first kappa shape index (κ1) is 20.8. The number of amides is 2. The Morgan fingerprint density at radius 3 is 2.26 bits per heavy atom. The second-order valence-corrected chi connectivity index (χ2v) is 6.67. The Bertz CT molecular complexity index is 691. The molecule has 2 amide bonds. The van der Waals surface area contributed by atoms with E-state index < -0.39 is 11.9 Å². The van der Waals surface area contributed by atoms with Gasteiger partial charge in [-0.15, -0.1) is 0 Å². The van der Waals surface area contributed by atoms with Gasteiger partial charge in [0.1, 0.15) is 11.8 Å². The fourth-order valence-electron chi connectivity index (χ4n) is 3.02. The van der Waals surface area contributed by atoms with Gasteiger partial charge in [-0.2, -0.15) is 0 Å². The van der Waals surface area contributed by atoms with Crippen molar-refractivity contribution < 1.29 is 18.4 Å². The van der Waals surface area contributed by atoms with Crippen molar-refractivity contribution in [3.63, 3.8) is 0 Å². The molecule has 0 fully saturated rings.